The minimum absolute atomic E-state index is 0. The molecular weight excluding hydrogens is 801 g/mol. The van der Waals surface area contributed by atoms with Gasteiger partial charge in [-0.05, 0) is 60.6 Å². The maximum absolute atomic E-state index is 12.2. The number of hydrogen-bond acceptors (Lipinski definition) is 5. The van der Waals surface area contributed by atoms with Gasteiger partial charge in [-0.1, -0.05) is 116 Å². The Balaban J connectivity index is 0.000000260. The zero-order chi connectivity index (χ0) is 34.9. The van der Waals surface area contributed by atoms with Crippen LogP contribution in [0.1, 0.15) is 105 Å². The molecule has 0 amide bonds. The number of thiophene rings is 1. The van der Waals surface area contributed by atoms with Crippen molar-refractivity contribution in [3.63, 3.8) is 0 Å². The van der Waals surface area contributed by atoms with E-state index in [9.17, 15) is 9.90 Å². The van der Waals surface area contributed by atoms with E-state index < -0.39 is 0 Å². The van der Waals surface area contributed by atoms with Gasteiger partial charge in [0.1, 0.15) is 16.9 Å². The average Bonchev–Trinajstić information content (AvgIpc) is 3.49. The molecule has 49 heavy (non-hydrogen) atoms. The number of carbonyl (C=O) groups is 1. The monoisotopic (exact) mass is 852 g/mol. The first-order valence-corrected chi connectivity index (χ1v) is 18.4. The normalized spacial score (nSPS) is 13.3. The number of allylic oxidation sites excluding steroid dienone is 2. The molecule has 0 unspecified atom stereocenters. The molecule has 2 aromatic heterocycles. The van der Waals surface area contributed by atoms with Gasteiger partial charge in [0.05, 0.1) is 0 Å². The Labute approximate surface area is 310 Å². The molecule has 0 aliphatic heterocycles. The van der Waals surface area contributed by atoms with Crippen molar-refractivity contribution < 1.29 is 30.0 Å². The van der Waals surface area contributed by atoms with Crippen LogP contribution in [0.3, 0.4) is 0 Å². The number of carbonyl (C=O) groups excluding carboxylic acids is 1. The van der Waals surface area contributed by atoms with Crippen molar-refractivity contribution >= 4 is 38.1 Å². The smallest absolute Gasteiger partial charge is 0.164 e. The Kier molecular flexibility index (Phi) is 12.1. The number of aryl methyl sites for hydroxylation is 2. The summed E-state index contributed by atoms with van der Waals surface area (Å²) >= 11 is 1.80. The third-order valence-corrected chi connectivity index (χ3v) is 12.1. The van der Waals surface area contributed by atoms with Crippen molar-refractivity contribution in [1.82, 2.24) is 9.97 Å². The first-order chi connectivity index (χ1) is 22.8. The zero-order valence-electron chi connectivity index (χ0n) is 30.6. The van der Waals surface area contributed by atoms with Crippen molar-refractivity contribution in [2.75, 3.05) is 0 Å². The van der Waals surface area contributed by atoms with E-state index in [1.54, 1.807) is 17.7 Å². The number of rotatable bonds is 8. The van der Waals surface area contributed by atoms with Crippen LogP contribution in [0.25, 0.3) is 42.7 Å². The van der Waals surface area contributed by atoms with Crippen molar-refractivity contribution in [2.45, 2.75) is 106 Å². The third kappa shape index (κ3) is 7.62. The van der Waals surface area contributed by atoms with E-state index in [0.29, 0.717) is 0 Å². The number of nitrogens with zero attached hydrogens (tertiary/aromatic N) is 2. The Morgan fingerprint density at radius 3 is 2.16 bits per heavy atom. The van der Waals surface area contributed by atoms with Gasteiger partial charge >= 0.3 is 0 Å². The Bertz CT molecular complexity index is 1980. The van der Waals surface area contributed by atoms with Crippen LogP contribution in [0.5, 0.6) is 0 Å². The molecule has 5 aromatic rings. The van der Waals surface area contributed by atoms with Gasteiger partial charge in [-0.2, -0.15) is 0 Å². The predicted molar refractivity (Wildman–Crippen MR) is 204 cm³/mol. The van der Waals surface area contributed by atoms with Gasteiger partial charge in [-0.15, -0.1) is 40.5 Å². The molecule has 1 N–H and O–H groups in total. The molecule has 0 bridgehead atoms. The number of aliphatic hydroxyl groups is 1. The first-order valence-electron chi connectivity index (χ1n) is 17.6. The Morgan fingerprint density at radius 1 is 0.878 bits per heavy atom. The molecule has 261 valence electrons. The first kappa shape index (κ1) is 38.6. The maximum atomic E-state index is 12.2. The van der Waals surface area contributed by atoms with E-state index in [1.807, 2.05) is 41.5 Å². The van der Waals surface area contributed by atoms with Crippen LogP contribution in [0.15, 0.2) is 72.8 Å². The van der Waals surface area contributed by atoms with Crippen LogP contribution in [-0.2, 0) is 43.2 Å². The molecule has 1 aliphatic rings. The van der Waals surface area contributed by atoms with Crippen LogP contribution in [0.2, 0.25) is 0 Å². The van der Waals surface area contributed by atoms with Gasteiger partial charge in [0.25, 0.3) is 0 Å². The van der Waals surface area contributed by atoms with E-state index in [0.717, 1.165) is 60.0 Å². The number of aromatic nitrogens is 2. The fourth-order valence-corrected chi connectivity index (χ4v) is 7.78. The summed E-state index contributed by atoms with van der Waals surface area (Å²) in [6, 6.07) is 23.3. The SMILES string of the molecule is CC(C)(C)c1cc(-c2ncnc3sc4c(c23)CCc2ccccc2-4)[c-]c2ccccc12.CCC(C)(CC)C(=O)/C=C(\O)C(C)(CC)CC.[Ir]. The molecule has 3 aromatic carbocycles. The van der Waals surface area contributed by atoms with Gasteiger partial charge in [-0.3, -0.25) is 9.78 Å². The maximum Gasteiger partial charge on any atom is 0.164 e. The van der Waals surface area contributed by atoms with E-state index in [-0.39, 0.29) is 47.9 Å². The molecule has 1 aliphatic carbocycles. The molecule has 0 atom stereocenters. The summed E-state index contributed by atoms with van der Waals surface area (Å²) in [5.74, 6) is 0.286. The summed E-state index contributed by atoms with van der Waals surface area (Å²) < 4.78 is 0. The van der Waals surface area contributed by atoms with E-state index >= 15 is 0 Å². The molecule has 4 nitrogen and oxygen atoms in total. The Morgan fingerprint density at radius 2 is 1.51 bits per heavy atom. The van der Waals surface area contributed by atoms with E-state index in [2.05, 4.69) is 86.4 Å². The fourth-order valence-electron chi connectivity index (χ4n) is 6.53. The predicted octanol–water partition coefficient (Wildman–Crippen LogP) is 12.0. The molecule has 0 fully saturated rings. The molecule has 0 spiro atoms. The molecule has 1 radical (unpaired) electrons. The van der Waals surface area contributed by atoms with Crippen molar-refractivity contribution in [3.05, 3.63) is 95.5 Å². The average molecular weight is 852 g/mol. The second-order valence-corrected chi connectivity index (χ2v) is 15.8. The zero-order valence-corrected chi connectivity index (χ0v) is 33.8. The van der Waals surface area contributed by atoms with Crippen LogP contribution in [0, 0.1) is 16.9 Å². The minimum Gasteiger partial charge on any atom is -0.512 e. The number of ketones is 1. The fraction of sp³-hybridized carbons (Fsp3) is 0.419. The summed E-state index contributed by atoms with van der Waals surface area (Å²) in [6.07, 6.45) is 8.57. The van der Waals surface area contributed by atoms with Gasteiger partial charge in [-0.25, -0.2) is 4.98 Å². The van der Waals surface area contributed by atoms with Crippen molar-refractivity contribution in [2.24, 2.45) is 10.8 Å². The van der Waals surface area contributed by atoms with Gasteiger partial charge in [0, 0.05) is 53.0 Å². The minimum atomic E-state index is -0.337. The number of aliphatic hydroxyl groups excluding tert-OH is 1. The van der Waals surface area contributed by atoms with Gasteiger partial charge in [0.15, 0.2) is 5.78 Å². The molecule has 0 saturated heterocycles. The van der Waals surface area contributed by atoms with Crippen molar-refractivity contribution in [3.8, 4) is 21.7 Å². The largest absolute Gasteiger partial charge is 0.512 e. The van der Waals surface area contributed by atoms with Crippen LogP contribution in [0.4, 0.5) is 0 Å². The number of fused-ring (bicyclic) bond motifs is 6. The summed E-state index contributed by atoms with van der Waals surface area (Å²) in [6.45, 7) is 18.9. The summed E-state index contributed by atoms with van der Waals surface area (Å²) in [4.78, 5) is 24.1. The van der Waals surface area contributed by atoms with Crippen LogP contribution < -0.4 is 0 Å². The number of hydrogen-bond donors (Lipinski definition) is 1. The second-order valence-electron chi connectivity index (χ2n) is 14.8. The molecule has 2 heterocycles. The quantitative estimate of drug-likeness (QED) is 0.0960. The molecular formula is C43H51IrN2O2S-. The second kappa shape index (κ2) is 15.4. The van der Waals surface area contributed by atoms with E-state index in [1.165, 1.54) is 44.0 Å². The topological polar surface area (TPSA) is 63.1 Å². The van der Waals surface area contributed by atoms with Gasteiger partial charge in [0.2, 0.25) is 0 Å². The molecule has 6 heteroatoms. The van der Waals surface area contributed by atoms with Gasteiger partial charge < -0.3 is 5.11 Å². The third-order valence-electron chi connectivity index (χ3n) is 10.9. The summed E-state index contributed by atoms with van der Waals surface area (Å²) in [5, 5.41) is 13.8. The molecule has 6 rings (SSSR count). The Hall–Kier alpha value is -3.18. The summed E-state index contributed by atoms with van der Waals surface area (Å²) in [7, 11) is 0. The molecule has 0 saturated carbocycles. The number of benzene rings is 3. The van der Waals surface area contributed by atoms with Crippen LogP contribution >= 0.6 is 11.3 Å². The van der Waals surface area contributed by atoms with E-state index in [4.69, 9.17) is 4.98 Å². The standard InChI is InChI=1S/C28H23N2S.C15H28O2.Ir/c1-28(2,3)23-15-19(14-18-9-5-6-10-20(18)23)25-24-22-13-12-17-8-4-7-11-21(17)26(22)31-27(24)30-16-29-25;1-7-14(5,8-2)12(16)11-13(17)15(6,9-3)10-4;/h4-11,15-16H,12-13H2,1-3H3;11,16H,7-10H2,1-6H3;/q-1;;/b;12-11-;. The van der Waals surface area contributed by atoms with Crippen molar-refractivity contribution in [1.29, 1.82) is 0 Å². The summed E-state index contributed by atoms with van der Waals surface area (Å²) in [5.41, 5.74) is 7.02. The van der Waals surface area contributed by atoms with Crippen LogP contribution in [-0.4, -0.2) is 20.9 Å².